The second-order valence-electron chi connectivity index (χ2n) is 3.59. The standard InChI is InChI=1S/C12H7IN2OS/c13-11-3-7(6-17-11)12(16)9-5-15-10-1-2-14-4-8(9)10/h1-6,15H. The number of carbonyl (C=O) groups is 1. The van der Waals surface area contributed by atoms with Crippen LogP contribution in [0.15, 0.2) is 36.1 Å². The Kier molecular flexibility index (Phi) is 2.71. The molecule has 0 aliphatic carbocycles. The third kappa shape index (κ3) is 1.89. The maximum absolute atomic E-state index is 12.3. The fraction of sp³-hybridized carbons (Fsp3) is 0. The van der Waals surface area contributed by atoms with Crippen molar-refractivity contribution in [3.8, 4) is 0 Å². The van der Waals surface area contributed by atoms with Crippen molar-refractivity contribution in [3.05, 3.63) is 50.1 Å². The lowest BCUT2D eigenvalue weighted by atomic mass is 10.1. The van der Waals surface area contributed by atoms with Crippen LogP contribution in [-0.2, 0) is 0 Å². The molecule has 17 heavy (non-hydrogen) atoms. The summed E-state index contributed by atoms with van der Waals surface area (Å²) in [5, 5.41) is 2.76. The molecule has 3 aromatic heterocycles. The SMILES string of the molecule is O=C(c1csc(I)c1)c1c[nH]c2ccncc12. The van der Waals surface area contributed by atoms with Crippen LogP contribution in [-0.4, -0.2) is 15.8 Å². The van der Waals surface area contributed by atoms with E-state index in [0.29, 0.717) is 5.56 Å². The van der Waals surface area contributed by atoms with Crippen molar-refractivity contribution in [1.82, 2.24) is 9.97 Å². The number of pyridine rings is 1. The predicted molar refractivity (Wildman–Crippen MR) is 76.6 cm³/mol. The molecule has 0 bridgehead atoms. The monoisotopic (exact) mass is 354 g/mol. The minimum absolute atomic E-state index is 0.0448. The van der Waals surface area contributed by atoms with E-state index in [2.05, 4.69) is 32.6 Å². The second-order valence-corrected chi connectivity index (χ2v) is 6.40. The molecule has 84 valence electrons. The van der Waals surface area contributed by atoms with Crippen LogP contribution < -0.4 is 0 Å². The molecule has 1 N–H and O–H groups in total. The van der Waals surface area contributed by atoms with Crippen molar-refractivity contribution in [1.29, 1.82) is 0 Å². The summed E-state index contributed by atoms with van der Waals surface area (Å²) in [5.41, 5.74) is 2.36. The number of hydrogen-bond donors (Lipinski definition) is 1. The molecule has 0 spiro atoms. The van der Waals surface area contributed by atoms with E-state index in [1.54, 1.807) is 29.9 Å². The molecular formula is C12H7IN2OS. The average Bonchev–Trinajstić information content (AvgIpc) is 2.94. The largest absolute Gasteiger partial charge is 0.360 e. The number of aromatic amines is 1. The van der Waals surface area contributed by atoms with Gasteiger partial charge in [-0.25, -0.2) is 0 Å². The first-order valence-corrected chi connectivity index (χ1v) is 6.91. The summed E-state index contributed by atoms with van der Waals surface area (Å²) in [4.78, 5) is 19.4. The van der Waals surface area contributed by atoms with E-state index in [-0.39, 0.29) is 5.78 Å². The molecule has 0 saturated heterocycles. The fourth-order valence-corrected chi connectivity index (χ4v) is 3.06. The first-order valence-electron chi connectivity index (χ1n) is 4.95. The molecule has 3 rings (SSSR count). The van der Waals surface area contributed by atoms with Gasteiger partial charge in [0.2, 0.25) is 0 Å². The number of ketones is 1. The zero-order valence-corrected chi connectivity index (χ0v) is 11.6. The number of H-pyrrole nitrogens is 1. The number of rotatable bonds is 2. The lowest BCUT2D eigenvalue weighted by molar-refractivity contribution is 0.104. The Balaban J connectivity index is 2.13. The fourth-order valence-electron chi connectivity index (χ4n) is 1.74. The molecule has 0 aromatic carbocycles. The molecule has 3 nitrogen and oxygen atoms in total. The lowest BCUT2D eigenvalue weighted by Crippen LogP contribution is -1.98. The smallest absolute Gasteiger partial charge is 0.196 e. The van der Waals surface area contributed by atoms with Crippen LogP contribution >= 0.6 is 33.9 Å². The van der Waals surface area contributed by atoms with Crippen molar-refractivity contribution >= 4 is 50.6 Å². The Bertz CT molecular complexity index is 701. The first-order chi connectivity index (χ1) is 8.25. The average molecular weight is 354 g/mol. The molecule has 0 radical (unpaired) electrons. The van der Waals surface area contributed by atoms with Gasteiger partial charge in [0.15, 0.2) is 5.78 Å². The number of nitrogens with zero attached hydrogens (tertiary/aromatic N) is 1. The maximum Gasteiger partial charge on any atom is 0.196 e. The molecular weight excluding hydrogens is 347 g/mol. The molecule has 0 fully saturated rings. The van der Waals surface area contributed by atoms with Gasteiger partial charge in [0.1, 0.15) is 0 Å². The Morgan fingerprint density at radius 2 is 2.35 bits per heavy atom. The van der Waals surface area contributed by atoms with Gasteiger partial charge in [-0.1, -0.05) is 0 Å². The number of fused-ring (bicyclic) bond motifs is 1. The van der Waals surface area contributed by atoms with Gasteiger partial charge in [-0.05, 0) is 34.7 Å². The number of carbonyl (C=O) groups excluding carboxylic acids is 1. The molecule has 5 heteroatoms. The van der Waals surface area contributed by atoms with Crippen LogP contribution in [0.3, 0.4) is 0 Å². The summed E-state index contributed by atoms with van der Waals surface area (Å²) in [7, 11) is 0. The zero-order valence-electron chi connectivity index (χ0n) is 8.61. The van der Waals surface area contributed by atoms with Crippen molar-refractivity contribution in [3.63, 3.8) is 0 Å². The predicted octanol–water partition coefficient (Wildman–Crippen LogP) is 3.46. The molecule has 0 amide bonds. The Hall–Kier alpha value is -1.21. The quantitative estimate of drug-likeness (QED) is 0.566. The Labute approximate surface area is 115 Å². The summed E-state index contributed by atoms with van der Waals surface area (Å²) in [6, 6.07) is 3.77. The minimum Gasteiger partial charge on any atom is -0.360 e. The van der Waals surface area contributed by atoms with Gasteiger partial charge in [-0.3, -0.25) is 9.78 Å². The van der Waals surface area contributed by atoms with Gasteiger partial charge in [-0.15, -0.1) is 11.3 Å². The zero-order chi connectivity index (χ0) is 11.8. The normalized spacial score (nSPS) is 10.9. The van der Waals surface area contributed by atoms with E-state index in [1.165, 1.54) is 0 Å². The van der Waals surface area contributed by atoms with E-state index in [9.17, 15) is 4.79 Å². The van der Waals surface area contributed by atoms with Gasteiger partial charge >= 0.3 is 0 Å². The first kappa shape index (κ1) is 10.9. The molecule has 3 aromatic rings. The molecule has 0 saturated carbocycles. The highest BCUT2D eigenvalue weighted by molar-refractivity contribution is 14.1. The number of thiophene rings is 1. The summed E-state index contributed by atoms with van der Waals surface area (Å²) in [5.74, 6) is 0.0448. The van der Waals surface area contributed by atoms with Crippen molar-refractivity contribution in [2.45, 2.75) is 0 Å². The maximum atomic E-state index is 12.3. The van der Waals surface area contributed by atoms with E-state index >= 15 is 0 Å². The van der Waals surface area contributed by atoms with Gasteiger partial charge in [0.25, 0.3) is 0 Å². The van der Waals surface area contributed by atoms with Gasteiger partial charge in [-0.2, -0.15) is 0 Å². The van der Waals surface area contributed by atoms with E-state index in [0.717, 1.165) is 19.4 Å². The molecule has 0 unspecified atom stereocenters. The van der Waals surface area contributed by atoms with Crippen molar-refractivity contribution in [2.75, 3.05) is 0 Å². The number of nitrogens with one attached hydrogen (secondary N) is 1. The van der Waals surface area contributed by atoms with Crippen molar-refractivity contribution in [2.24, 2.45) is 0 Å². The summed E-state index contributed by atoms with van der Waals surface area (Å²) < 4.78 is 1.11. The lowest BCUT2D eigenvalue weighted by Gasteiger charge is -1.95. The minimum atomic E-state index is 0.0448. The van der Waals surface area contributed by atoms with E-state index < -0.39 is 0 Å². The highest BCUT2D eigenvalue weighted by atomic mass is 127. The summed E-state index contributed by atoms with van der Waals surface area (Å²) in [6.07, 6.45) is 5.18. The van der Waals surface area contributed by atoms with Crippen LogP contribution in [0, 0.1) is 2.88 Å². The summed E-state index contributed by atoms with van der Waals surface area (Å²) >= 11 is 3.79. The van der Waals surface area contributed by atoms with Crippen LogP contribution in [0.5, 0.6) is 0 Å². The number of halogens is 1. The van der Waals surface area contributed by atoms with Crippen molar-refractivity contribution < 1.29 is 4.79 Å². The molecule has 0 aliphatic heterocycles. The summed E-state index contributed by atoms with van der Waals surface area (Å²) in [6.45, 7) is 0. The van der Waals surface area contributed by atoms with Gasteiger partial charge in [0, 0.05) is 46.0 Å². The highest BCUT2D eigenvalue weighted by Gasteiger charge is 2.15. The molecule has 0 aliphatic rings. The van der Waals surface area contributed by atoms with E-state index in [4.69, 9.17) is 0 Å². The molecule has 3 heterocycles. The third-order valence-electron chi connectivity index (χ3n) is 2.56. The van der Waals surface area contributed by atoms with E-state index in [1.807, 2.05) is 17.5 Å². The highest BCUT2D eigenvalue weighted by Crippen LogP contribution is 2.23. The Morgan fingerprint density at radius 3 is 3.12 bits per heavy atom. The van der Waals surface area contributed by atoms with Gasteiger partial charge in [0.05, 0.1) is 2.88 Å². The topological polar surface area (TPSA) is 45.8 Å². The number of hydrogen-bond acceptors (Lipinski definition) is 3. The van der Waals surface area contributed by atoms with Gasteiger partial charge < -0.3 is 4.98 Å². The third-order valence-corrected chi connectivity index (χ3v) is 4.35. The van der Waals surface area contributed by atoms with Crippen LogP contribution in [0.2, 0.25) is 0 Å². The Morgan fingerprint density at radius 1 is 1.47 bits per heavy atom. The van der Waals surface area contributed by atoms with Crippen LogP contribution in [0.25, 0.3) is 10.9 Å². The molecule has 0 atom stereocenters. The second kappa shape index (κ2) is 4.23. The van der Waals surface area contributed by atoms with Crippen LogP contribution in [0.1, 0.15) is 15.9 Å². The number of aromatic nitrogens is 2. The van der Waals surface area contributed by atoms with Crippen LogP contribution in [0.4, 0.5) is 0 Å².